The first-order chi connectivity index (χ1) is 15.0. The van der Waals surface area contributed by atoms with Crippen molar-refractivity contribution in [3.63, 3.8) is 0 Å². The fraction of sp³-hybridized carbons (Fsp3) is 0.862. The van der Waals surface area contributed by atoms with E-state index in [-0.39, 0.29) is 10.8 Å². The molecule has 3 heteroatoms. The zero-order valence-electron chi connectivity index (χ0n) is 21.3. The molecule has 0 aromatic heterocycles. The van der Waals surface area contributed by atoms with Crippen LogP contribution in [0.4, 0.5) is 0 Å². The molecule has 0 aromatic rings. The van der Waals surface area contributed by atoms with Gasteiger partial charge in [-0.25, -0.2) is 0 Å². The average molecular weight is 445 g/mol. The number of allylic oxidation sites excluding steroid dienone is 3. The predicted molar refractivity (Wildman–Crippen MR) is 131 cm³/mol. The Hall–Kier alpha value is -0.640. The summed E-state index contributed by atoms with van der Waals surface area (Å²) in [6, 6.07) is 0. The fourth-order valence-corrected chi connectivity index (χ4v) is 8.73. The highest BCUT2D eigenvalue weighted by atomic mass is 16.3. The van der Waals surface area contributed by atoms with Crippen LogP contribution in [0, 0.1) is 46.3 Å². The molecule has 0 amide bonds. The molecule has 182 valence electrons. The third-order valence-corrected chi connectivity index (χ3v) is 11.0. The summed E-state index contributed by atoms with van der Waals surface area (Å²) in [7, 11) is 0. The van der Waals surface area contributed by atoms with E-state index in [9.17, 15) is 15.3 Å². The largest absolute Gasteiger partial charge is 0.393 e. The normalized spacial score (nSPS) is 48.2. The van der Waals surface area contributed by atoms with Crippen LogP contribution in [0.3, 0.4) is 0 Å². The summed E-state index contributed by atoms with van der Waals surface area (Å²) in [6.45, 7) is 14.1. The smallest absolute Gasteiger partial charge is 0.102 e. The highest BCUT2D eigenvalue weighted by molar-refractivity contribution is 5.33. The van der Waals surface area contributed by atoms with Crippen molar-refractivity contribution in [3.8, 4) is 0 Å². The van der Waals surface area contributed by atoms with E-state index < -0.39 is 17.8 Å². The summed E-state index contributed by atoms with van der Waals surface area (Å²) in [4.78, 5) is 0. The molecule has 0 unspecified atom stereocenters. The Labute approximate surface area is 196 Å². The summed E-state index contributed by atoms with van der Waals surface area (Å²) in [5.41, 5.74) is 0.159. The van der Waals surface area contributed by atoms with Gasteiger partial charge in [0.05, 0.1) is 6.10 Å². The third kappa shape index (κ3) is 3.57. The van der Waals surface area contributed by atoms with E-state index in [4.69, 9.17) is 0 Å². The molecular weight excluding hydrogens is 396 g/mol. The summed E-state index contributed by atoms with van der Waals surface area (Å²) in [6.07, 6.45) is 13.4. The molecule has 0 radical (unpaired) electrons. The monoisotopic (exact) mass is 444 g/mol. The Balaban J connectivity index is 1.60. The lowest BCUT2D eigenvalue weighted by Gasteiger charge is -2.62. The first-order valence-corrected chi connectivity index (χ1v) is 13.5. The van der Waals surface area contributed by atoms with Gasteiger partial charge in [0.1, 0.15) is 11.7 Å². The van der Waals surface area contributed by atoms with Crippen LogP contribution in [0.15, 0.2) is 23.8 Å². The molecule has 0 spiro atoms. The van der Waals surface area contributed by atoms with Gasteiger partial charge in [-0.1, -0.05) is 65.3 Å². The number of hydrogen-bond acceptors (Lipinski definition) is 3. The highest BCUT2D eigenvalue weighted by Gasteiger charge is 2.64. The van der Waals surface area contributed by atoms with Crippen molar-refractivity contribution in [2.45, 2.75) is 111 Å². The zero-order valence-corrected chi connectivity index (χ0v) is 21.3. The minimum Gasteiger partial charge on any atom is -0.393 e. The molecule has 0 aliphatic heterocycles. The first kappa shape index (κ1) is 24.5. The molecule has 10 atom stereocenters. The van der Waals surface area contributed by atoms with Crippen molar-refractivity contribution in [2.24, 2.45) is 46.3 Å². The van der Waals surface area contributed by atoms with Crippen LogP contribution < -0.4 is 0 Å². The standard InChI is InChI=1S/C29H48O3/c1-7-20(18(2)3)9-8-19(4)23-10-11-24-22-16-26(31)29(32)17-21(30)12-15-28(29,6)25(22)13-14-27(23,24)5/h8-9,16,18-21,23-26,30-32H,7,10-15,17H2,1-6H3/b9-8+/t19-,20+,21+,23-,24+,25+,26-,27-,28-,29+/m1/s1. The van der Waals surface area contributed by atoms with Crippen LogP contribution in [0.5, 0.6) is 0 Å². The van der Waals surface area contributed by atoms with Crippen LogP contribution in [-0.2, 0) is 0 Å². The maximum Gasteiger partial charge on any atom is 0.102 e. The number of rotatable bonds is 5. The summed E-state index contributed by atoms with van der Waals surface area (Å²) in [5.74, 6) is 3.44. The summed E-state index contributed by atoms with van der Waals surface area (Å²) < 4.78 is 0. The lowest BCUT2D eigenvalue weighted by Crippen LogP contribution is -2.65. The maximum absolute atomic E-state index is 11.6. The van der Waals surface area contributed by atoms with Gasteiger partial charge in [0.15, 0.2) is 0 Å². The molecule has 32 heavy (non-hydrogen) atoms. The van der Waals surface area contributed by atoms with Crippen molar-refractivity contribution in [3.05, 3.63) is 23.8 Å². The zero-order chi connectivity index (χ0) is 23.5. The van der Waals surface area contributed by atoms with E-state index in [0.717, 1.165) is 19.3 Å². The molecule has 4 aliphatic carbocycles. The molecule has 3 saturated carbocycles. The second-order valence-corrected chi connectivity index (χ2v) is 12.7. The van der Waals surface area contributed by atoms with Gasteiger partial charge >= 0.3 is 0 Å². The van der Waals surface area contributed by atoms with E-state index in [1.807, 2.05) is 6.08 Å². The number of aliphatic hydroxyl groups is 3. The quantitative estimate of drug-likeness (QED) is 0.464. The minimum absolute atomic E-state index is 0.269. The van der Waals surface area contributed by atoms with Crippen LogP contribution in [0.2, 0.25) is 0 Å². The number of hydrogen-bond donors (Lipinski definition) is 3. The van der Waals surface area contributed by atoms with Crippen molar-refractivity contribution in [1.29, 1.82) is 0 Å². The minimum atomic E-state index is -1.20. The van der Waals surface area contributed by atoms with Gasteiger partial charge in [0.2, 0.25) is 0 Å². The first-order valence-electron chi connectivity index (χ1n) is 13.5. The van der Waals surface area contributed by atoms with Gasteiger partial charge in [0.25, 0.3) is 0 Å². The van der Waals surface area contributed by atoms with Gasteiger partial charge in [0, 0.05) is 11.8 Å². The summed E-state index contributed by atoms with van der Waals surface area (Å²) >= 11 is 0. The summed E-state index contributed by atoms with van der Waals surface area (Å²) in [5, 5.41) is 33.0. The molecule has 0 aromatic carbocycles. The Morgan fingerprint density at radius 1 is 1.00 bits per heavy atom. The van der Waals surface area contributed by atoms with Crippen LogP contribution >= 0.6 is 0 Å². The Morgan fingerprint density at radius 2 is 1.72 bits per heavy atom. The highest BCUT2D eigenvalue weighted by Crippen LogP contribution is 2.67. The van der Waals surface area contributed by atoms with Gasteiger partial charge in [-0.05, 0) is 85.9 Å². The molecule has 4 aliphatic rings. The average Bonchev–Trinajstić information content (AvgIpc) is 3.08. The number of fused-ring (bicyclic) bond motifs is 5. The SMILES string of the molecule is CC[C@@H](/C=C/[C@@H](C)[C@H]1CC[C@H]2C3=C[C@@H](O)[C@@]4(O)C[C@@H](O)CC[C@]4(C)[C@H]3CC[C@]12C)C(C)C. The van der Waals surface area contributed by atoms with E-state index in [1.165, 1.54) is 31.3 Å². The van der Waals surface area contributed by atoms with Gasteiger partial charge in [-0.2, -0.15) is 0 Å². The maximum atomic E-state index is 11.6. The molecule has 3 nitrogen and oxygen atoms in total. The predicted octanol–water partition coefficient (Wildman–Crippen LogP) is 5.89. The van der Waals surface area contributed by atoms with Crippen LogP contribution in [0.25, 0.3) is 0 Å². The van der Waals surface area contributed by atoms with E-state index in [1.54, 1.807) is 0 Å². The molecule has 4 rings (SSSR count). The lowest BCUT2D eigenvalue weighted by atomic mass is 9.45. The molecule has 3 fully saturated rings. The van der Waals surface area contributed by atoms with Crippen molar-refractivity contribution in [1.82, 2.24) is 0 Å². The fourth-order valence-electron chi connectivity index (χ4n) is 8.73. The molecule has 0 bridgehead atoms. The number of aliphatic hydroxyl groups excluding tert-OH is 2. The second kappa shape index (κ2) is 8.54. The second-order valence-electron chi connectivity index (χ2n) is 12.7. The molecule has 0 heterocycles. The van der Waals surface area contributed by atoms with E-state index in [0.29, 0.717) is 41.9 Å². The van der Waals surface area contributed by atoms with Crippen molar-refractivity contribution >= 4 is 0 Å². The Kier molecular flexibility index (Phi) is 6.53. The van der Waals surface area contributed by atoms with E-state index in [2.05, 4.69) is 53.7 Å². The molecule has 0 saturated heterocycles. The lowest BCUT2D eigenvalue weighted by molar-refractivity contribution is -0.210. The van der Waals surface area contributed by atoms with Gasteiger partial charge in [-0.15, -0.1) is 0 Å². The molecule has 3 N–H and O–H groups in total. The Bertz CT molecular complexity index is 756. The van der Waals surface area contributed by atoms with Crippen molar-refractivity contribution in [2.75, 3.05) is 0 Å². The van der Waals surface area contributed by atoms with E-state index >= 15 is 0 Å². The van der Waals surface area contributed by atoms with Crippen LogP contribution in [0.1, 0.15) is 92.9 Å². The van der Waals surface area contributed by atoms with Gasteiger partial charge < -0.3 is 15.3 Å². The van der Waals surface area contributed by atoms with Gasteiger partial charge in [-0.3, -0.25) is 0 Å². The third-order valence-electron chi connectivity index (χ3n) is 11.0. The Morgan fingerprint density at radius 3 is 2.38 bits per heavy atom. The van der Waals surface area contributed by atoms with Crippen molar-refractivity contribution < 1.29 is 15.3 Å². The molecular formula is C29H48O3. The van der Waals surface area contributed by atoms with Crippen LogP contribution in [-0.4, -0.2) is 33.1 Å². The topological polar surface area (TPSA) is 60.7 Å².